The quantitative estimate of drug-likeness (QED) is 0.835. The second-order valence-corrected chi connectivity index (χ2v) is 9.95. The van der Waals surface area contributed by atoms with Crippen LogP contribution in [-0.2, 0) is 16.4 Å². The summed E-state index contributed by atoms with van der Waals surface area (Å²) < 4.78 is 25.1. The van der Waals surface area contributed by atoms with E-state index in [-0.39, 0.29) is 17.2 Å². The molecule has 4 rings (SSSR count). The van der Waals surface area contributed by atoms with Crippen molar-refractivity contribution in [3.8, 4) is 0 Å². The van der Waals surface area contributed by atoms with Crippen molar-refractivity contribution in [2.45, 2.75) is 24.8 Å². The minimum absolute atomic E-state index is 0.135. The zero-order chi connectivity index (χ0) is 17.8. The zero-order valence-corrected chi connectivity index (χ0v) is 15.8. The molecule has 2 saturated heterocycles. The lowest BCUT2D eigenvalue weighted by atomic mass is 9.99. The molecule has 5 nitrogen and oxygen atoms in total. The van der Waals surface area contributed by atoms with Gasteiger partial charge in [-0.25, -0.2) is 8.42 Å². The van der Waals surface area contributed by atoms with E-state index in [1.54, 1.807) is 0 Å². The van der Waals surface area contributed by atoms with Crippen LogP contribution in [0.2, 0.25) is 0 Å². The number of nitrogens with zero attached hydrogens (tertiary/aromatic N) is 3. The Kier molecular flexibility index (Phi) is 4.09. The molecule has 3 atom stereocenters. The molecule has 6 heteroatoms. The highest BCUT2D eigenvalue weighted by molar-refractivity contribution is 7.92. The number of fused-ring (bicyclic) bond motifs is 2. The van der Waals surface area contributed by atoms with Gasteiger partial charge >= 0.3 is 0 Å². The topological polar surface area (TPSA) is 53.5 Å². The molecule has 0 saturated carbocycles. The van der Waals surface area contributed by atoms with Crippen molar-refractivity contribution in [1.29, 1.82) is 0 Å². The highest BCUT2D eigenvalue weighted by Gasteiger charge is 2.52. The second-order valence-electron chi connectivity index (χ2n) is 7.69. The number of likely N-dealkylation sites (tertiary alicyclic amines) is 1. The number of aromatic nitrogens is 1. The molecule has 2 fully saturated rings. The number of rotatable bonds is 3. The number of benzene rings is 1. The van der Waals surface area contributed by atoms with Crippen molar-refractivity contribution in [2.24, 2.45) is 5.92 Å². The number of sulfone groups is 1. The highest BCUT2D eigenvalue weighted by atomic mass is 32.2. The first kappa shape index (κ1) is 16.9. The van der Waals surface area contributed by atoms with Crippen molar-refractivity contribution >= 4 is 20.7 Å². The highest BCUT2D eigenvalue weighted by Crippen LogP contribution is 2.37. The van der Waals surface area contributed by atoms with Crippen molar-refractivity contribution in [3.63, 3.8) is 0 Å². The third kappa shape index (κ3) is 2.86. The lowest BCUT2D eigenvalue weighted by Gasteiger charge is -2.25. The van der Waals surface area contributed by atoms with Crippen LogP contribution in [0.5, 0.6) is 0 Å². The summed E-state index contributed by atoms with van der Waals surface area (Å²) in [6, 6.07) is 8.38. The molecule has 1 aromatic carbocycles. The molecule has 0 bridgehead atoms. The van der Waals surface area contributed by atoms with Gasteiger partial charge < -0.3 is 4.90 Å². The third-order valence-corrected chi connectivity index (χ3v) is 8.15. The molecular weight excluding hydrogens is 334 g/mol. The van der Waals surface area contributed by atoms with Gasteiger partial charge in [0, 0.05) is 43.2 Å². The van der Waals surface area contributed by atoms with Gasteiger partial charge in [-0.15, -0.1) is 0 Å². The molecule has 0 aliphatic carbocycles. The van der Waals surface area contributed by atoms with Crippen molar-refractivity contribution in [2.75, 3.05) is 32.9 Å². The van der Waals surface area contributed by atoms with E-state index in [1.165, 1.54) is 16.5 Å². The Balaban J connectivity index is 1.63. The Morgan fingerprint density at radius 3 is 2.80 bits per heavy atom. The van der Waals surface area contributed by atoms with Crippen LogP contribution in [0.3, 0.4) is 0 Å². The summed E-state index contributed by atoms with van der Waals surface area (Å²) in [6.07, 6.45) is 1.82. The van der Waals surface area contributed by atoms with Crippen molar-refractivity contribution in [3.05, 3.63) is 41.6 Å². The summed E-state index contributed by atoms with van der Waals surface area (Å²) in [5.41, 5.74) is 3.51. The summed E-state index contributed by atoms with van der Waals surface area (Å²) in [4.78, 5) is 8.85. The van der Waals surface area contributed by atoms with Gasteiger partial charge in [0.2, 0.25) is 0 Å². The fourth-order valence-corrected chi connectivity index (χ4v) is 7.04. The molecule has 0 radical (unpaired) electrons. The van der Waals surface area contributed by atoms with E-state index in [0.717, 1.165) is 18.6 Å². The van der Waals surface area contributed by atoms with Gasteiger partial charge in [-0.3, -0.25) is 9.88 Å². The summed E-state index contributed by atoms with van der Waals surface area (Å²) in [5.74, 6) is 0.522. The predicted molar refractivity (Wildman–Crippen MR) is 100 cm³/mol. The maximum atomic E-state index is 12.6. The van der Waals surface area contributed by atoms with Crippen LogP contribution >= 0.6 is 0 Å². The molecule has 2 aliphatic rings. The Hall–Kier alpha value is -1.50. The summed E-state index contributed by atoms with van der Waals surface area (Å²) in [7, 11) is 0.992. The monoisotopic (exact) mass is 359 g/mol. The minimum Gasteiger partial charge on any atom is -0.305 e. The van der Waals surface area contributed by atoms with Gasteiger partial charge in [-0.2, -0.15) is 0 Å². The van der Waals surface area contributed by atoms with E-state index in [9.17, 15) is 8.42 Å². The zero-order valence-electron chi connectivity index (χ0n) is 15.0. The molecule has 134 valence electrons. The third-order valence-electron chi connectivity index (χ3n) is 5.92. The first-order chi connectivity index (χ1) is 11.9. The molecule has 0 spiro atoms. The Morgan fingerprint density at radius 2 is 2.04 bits per heavy atom. The summed E-state index contributed by atoms with van der Waals surface area (Å²) in [5, 5.41) is 0.958. The van der Waals surface area contributed by atoms with E-state index >= 15 is 0 Å². The number of pyridine rings is 1. The van der Waals surface area contributed by atoms with E-state index in [1.807, 2.05) is 26.4 Å². The molecule has 2 aromatic rings. The van der Waals surface area contributed by atoms with E-state index < -0.39 is 9.84 Å². The molecule has 25 heavy (non-hydrogen) atoms. The Bertz CT molecular complexity index is 910. The molecular formula is C19H25N3O2S. The first-order valence-corrected chi connectivity index (χ1v) is 10.5. The van der Waals surface area contributed by atoms with Crippen molar-refractivity contribution < 1.29 is 8.42 Å². The van der Waals surface area contributed by atoms with Crippen LogP contribution < -0.4 is 0 Å². The van der Waals surface area contributed by atoms with Gasteiger partial charge in [0.1, 0.15) is 0 Å². The molecule has 0 N–H and O–H groups in total. The van der Waals surface area contributed by atoms with Gasteiger partial charge in [0.15, 0.2) is 9.84 Å². The van der Waals surface area contributed by atoms with Crippen LogP contribution in [0, 0.1) is 12.8 Å². The van der Waals surface area contributed by atoms with E-state index in [4.69, 9.17) is 0 Å². The number of aryl methyl sites for hydroxylation is 1. The lowest BCUT2D eigenvalue weighted by molar-refractivity contribution is 0.230. The average molecular weight is 359 g/mol. The predicted octanol–water partition coefficient (Wildman–Crippen LogP) is 1.70. The largest absolute Gasteiger partial charge is 0.305 e. The van der Waals surface area contributed by atoms with Crippen LogP contribution in [0.4, 0.5) is 0 Å². The Morgan fingerprint density at radius 1 is 1.24 bits per heavy atom. The van der Waals surface area contributed by atoms with E-state index in [2.05, 4.69) is 39.9 Å². The van der Waals surface area contributed by atoms with Gasteiger partial charge in [0.25, 0.3) is 0 Å². The lowest BCUT2D eigenvalue weighted by Crippen LogP contribution is -2.37. The molecule has 0 amide bonds. The average Bonchev–Trinajstić information content (AvgIpc) is 3.09. The fraction of sp³-hybridized carbons (Fsp3) is 0.526. The number of hydrogen-bond acceptors (Lipinski definition) is 5. The van der Waals surface area contributed by atoms with Crippen LogP contribution in [0.25, 0.3) is 10.9 Å². The van der Waals surface area contributed by atoms with Crippen LogP contribution in [0.1, 0.15) is 11.1 Å². The van der Waals surface area contributed by atoms with Gasteiger partial charge in [-0.1, -0.05) is 12.1 Å². The second kappa shape index (κ2) is 6.04. The van der Waals surface area contributed by atoms with E-state index in [0.29, 0.717) is 12.3 Å². The van der Waals surface area contributed by atoms with Crippen LogP contribution in [-0.4, -0.2) is 67.4 Å². The fourth-order valence-electron chi connectivity index (χ4n) is 4.53. The van der Waals surface area contributed by atoms with Gasteiger partial charge in [-0.05, 0) is 44.3 Å². The molecule has 2 aliphatic heterocycles. The molecule has 1 aromatic heterocycles. The standard InChI is InChI=1S/C19H25N3O2S/c1-13-6-7-17-14(5-4-8-20-17)15(13)9-22-10-16-18(21(2)3)12-25(23,24)19(16)11-22/h4-8,16,18-19H,9-12H2,1-3H3/t16-,18-,19-/m0/s1. The smallest absolute Gasteiger partial charge is 0.156 e. The Labute approximate surface area is 149 Å². The minimum atomic E-state index is -2.99. The SMILES string of the molecule is Cc1ccc2ncccc2c1CN1C[C@H]2[C@@H](N(C)C)CS(=O)(=O)[C@H]2C1. The summed E-state index contributed by atoms with van der Waals surface area (Å²) in [6.45, 7) is 4.41. The maximum Gasteiger partial charge on any atom is 0.156 e. The molecule has 0 unspecified atom stereocenters. The summed E-state index contributed by atoms with van der Waals surface area (Å²) >= 11 is 0. The maximum absolute atomic E-state index is 12.6. The normalized spacial score (nSPS) is 28.7. The van der Waals surface area contributed by atoms with Gasteiger partial charge in [0.05, 0.1) is 16.5 Å². The molecule has 3 heterocycles. The van der Waals surface area contributed by atoms with Crippen molar-refractivity contribution in [1.82, 2.24) is 14.8 Å². The first-order valence-electron chi connectivity index (χ1n) is 8.80. The number of hydrogen-bond donors (Lipinski definition) is 0. The van der Waals surface area contributed by atoms with Crippen LogP contribution in [0.15, 0.2) is 30.5 Å².